The fourth-order valence-electron chi connectivity index (χ4n) is 2.55. The van der Waals surface area contributed by atoms with Gasteiger partial charge in [0.25, 0.3) is 0 Å². The predicted molar refractivity (Wildman–Crippen MR) is 78.8 cm³/mol. The summed E-state index contributed by atoms with van der Waals surface area (Å²) in [7, 11) is 3.46. The smallest absolute Gasteiger partial charge is 0.227 e. The van der Waals surface area contributed by atoms with Crippen molar-refractivity contribution in [3.8, 4) is 0 Å². The molecule has 0 saturated carbocycles. The molecule has 2 aromatic rings. The van der Waals surface area contributed by atoms with E-state index in [9.17, 15) is 9.50 Å². The SMILES string of the molecule is CN(C)c1nc(N2Cc3ccccc3C(O)C2)ncc1F. The van der Waals surface area contributed by atoms with Gasteiger partial charge in [-0.2, -0.15) is 4.98 Å². The molecule has 1 aliphatic heterocycles. The lowest BCUT2D eigenvalue weighted by molar-refractivity contribution is 0.175. The van der Waals surface area contributed by atoms with Crippen molar-refractivity contribution in [2.75, 3.05) is 30.4 Å². The quantitative estimate of drug-likeness (QED) is 0.912. The normalized spacial score (nSPS) is 17.5. The van der Waals surface area contributed by atoms with Crippen LogP contribution in [0.1, 0.15) is 17.2 Å². The van der Waals surface area contributed by atoms with Gasteiger partial charge in [0.1, 0.15) is 0 Å². The molecule has 0 bridgehead atoms. The maximum Gasteiger partial charge on any atom is 0.227 e. The van der Waals surface area contributed by atoms with Crippen LogP contribution < -0.4 is 9.80 Å². The molecule has 1 N–H and O–H groups in total. The van der Waals surface area contributed by atoms with E-state index in [1.165, 1.54) is 6.20 Å². The molecule has 1 aromatic heterocycles. The molecule has 0 saturated heterocycles. The summed E-state index contributed by atoms with van der Waals surface area (Å²) in [6.45, 7) is 1.00. The van der Waals surface area contributed by atoms with Crippen LogP contribution in [-0.4, -0.2) is 35.7 Å². The fraction of sp³-hybridized carbons (Fsp3) is 0.333. The summed E-state index contributed by atoms with van der Waals surface area (Å²) in [5.74, 6) is 0.212. The highest BCUT2D eigenvalue weighted by molar-refractivity contribution is 5.46. The Bertz CT molecular complexity index is 662. The van der Waals surface area contributed by atoms with E-state index in [2.05, 4.69) is 9.97 Å². The molecule has 3 rings (SSSR count). The molecular formula is C15H17FN4O. The van der Waals surface area contributed by atoms with Crippen LogP contribution in [-0.2, 0) is 6.54 Å². The minimum absolute atomic E-state index is 0.244. The Kier molecular flexibility index (Phi) is 3.47. The Balaban J connectivity index is 1.94. The van der Waals surface area contributed by atoms with E-state index in [1.54, 1.807) is 19.0 Å². The summed E-state index contributed by atoms with van der Waals surface area (Å²) in [5, 5.41) is 10.2. The first-order chi connectivity index (χ1) is 10.1. The highest BCUT2D eigenvalue weighted by atomic mass is 19.1. The van der Waals surface area contributed by atoms with Gasteiger partial charge in [-0.15, -0.1) is 0 Å². The van der Waals surface area contributed by atoms with E-state index in [-0.39, 0.29) is 5.82 Å². The number of aliphatic hydroxyl groups is 1. The first-order valence-electron chi connectivity index (χ1n) is 6.77. The monoisotopic (exact) mass is 288 g/mol. The lowest BCUT2D eigenvalue weighted by Crippen LogP contribution is -2.35. The highest BCUT2D eigenvalue weighted by Gasteiger charge is 2.25. The van der Waals surface area contributed by atoms with Crippen LogP contribution in [0.25, 0.3) is 0 Å². The van der Waals surface area contributed by atoms with Gasteiger partial charge in [-0.1, -0.05) is 24.3 Å². The molecule has 5 nitrogen and oxygen atoms in total. The average molecular weight is 288 g/mol. The summed E-state index contributed by atoms with van der Waals surface area (Å²) < 4.78 is 13.7. The molecule has 6 heteroatoms. The van der Waals surface area contributed by atoms with Crippen LogP contribution in [0.3, 0.4) is 0 Å². The van der Waals surface area contributed by atoms with Crippen LogP contribution in [0.4, 0.5) is 16.2 Å². The largest absolute Gasteiger partial charge is 0.387 e. The topological polar surface area (TPSA) is 52.5 Å². The number of fused-ring (bicyclic) bond motifs is 1. The minimum Gasteiger partial charge on any atom is -0.387 e. The molecule has 1 aromatic carbocycles. The van der Waals surface area contributed by atoms with Crippen LogP contribution >= 0.6 is 0 Å². The van der Waals surface area contributed by atoms with Crippen molar-refractivity contribution in [2.45, 2.75) is 12.6 Å². The third kappa shape index (κ3) is 2.54. The molecule has 110 valence electrons. The molecule has 0 radical (unpaired) electrons. The second-order valence-corrected chi connectivity index (χ2v) is 5.33. The Morgan fingerprint density at radius 1 is 1.33 bits per heavy atom. The maximum atomic E-state index is 13.7. The molecule has 0 spiro atoms. The Hall–Kier alpha value is -2.21. The van der Waals surface area contributed by atoms with E-state index in [0.29, 0.717) is 19.0 Å². The van der Waals surface area contributed by atoms with Crippen molar-refractivity contribution in [3.05, 3.63) is 47.4 Å². The number of hydrogen-bond acceptors (Lipinski definition) is 5. The molecule has 0 amide bonds. The molecule has 1 aliphatic rings. The molecular weight excluding hydrogens is 271 g/mol. The molecule has 21 heavy (non-hydrogen) atoms. The molecule has 2 heterocycles. The highest BCUT2D eigenvalue weighted by Crippen LogP contribution is 2.29. The number of halogens is 1. The van der Waals surface area contributed by atoms with Gasteiger partial charge in [-0.3, -0.25) is 0 Å². The van der Waals surface area contributed by atoms with Crippen LogP contribution in [0.2, 0.25) is 0 Å². The van der Waals surface area contributed by atoms with Gasteiger partial charge in [-0.05, 0) is 11.1 Å². The van der Waals surface area contributed by atoms with Crippen molar-refractivity contribution in [3.63, 3.8) is 0 Å². The standard InChI is InChI=1S/C15H17FN4O/c1-19(2)14-12(16)7-17-15(18-14)20-8-10-5-3-4-6-11(10)13(21)9-20/h3-7,13,21H,8-9H2,1-2H3. The summed E-state index contributed by atoms with van der Waals surface area (Å²) in [6, 6.07) is 7.75. The molecule has 0 aliphatic carbocycles. The Morgan fingerprint density at radius 2 is 2.10 bits per heavy atom. The van der Waals surface area contributed by atoms with Crippen LogP contribution in [0.15, 0.2) is 30.5 Å². The Labute approximate surface area is 122 Å². The Morgan fingerprint density at radius 3 is 2.86 bits per heavy atom. The number of aromatic nitrogens is 2. The van der Waals surface area contributed by atoms with Crippen molar-refractivity contribution in [1.82, 2.24) is 9.97 Å². The van der Waals surface area contributed by atoms with E-state index in [0.717, 1.165) is 11.1 Å². The number of anilines is 2. The van der Waals surface area contributed by atoms with Gasteiger partial charge in [0.15, 0.2) is 11.6 Å². The number of nitrogens with zero attached hydrogens (tertiary/aromatic N) is 4. The summed E-state index contributed by atoms with van der Waals surface area (Å²) in [6.07, 6.45) is 0.580. The predicted octanol–water partition coefficient (Wildman–Crippen LogP) is 1.74. The fourth-order valence-corrected chi connectivity index (χ4v) is 2.55. The van der Waals surface area contributed by atoms with E-state index in [4.69, 9.17) is 0 Å². The number of benzene rings is 1. The lowest BCUT2D eigenvalue weighted by Gasteiger charge is -2.32. The van der Waals surface area contributed by atoms with Gasteiger partial charge in [0.05, 0.1) is 18.8 Å². The van der Waals surface area contributed by atoms with Gasteiger partial charge in [-0.25, -0.2) is 9.37 Å². The van der Waals surface area contributed by atoms with Crippen LogP contribution in [0.5, 0.6) is 0 Å². The number of aliphatic hydroxyl groups excluding tert-OH is 1. The average Bonchev–Trinajstić information content (AvgIpc) is 2.47. The van der Waals surface area contributed by atoms with Gasteiger partial charge in [0.2, 0.25) is 5.95 Å². The van der Waals surface area contributed by atoms with Gasteiger partial charge < -0.3 is 14.9 Å². The van der Waals surface area contributed by atoms with Crippen molar-refractivity contribution < 1.29 is 9.50 Å². The zero-order chi connectivity index (χ0) is 15.0. The summed E-state index contributed by atoms with van der Waals surface area (Å²) in [5.41, 5.74) is 1.97. The van der Waals surface area contributed by atoms with E-state index in [1.807, 2.05) is 29.2 Å². The van der Waals surface area contributed by atoms with Crippen LogP contribution in [0, 0.1) is 5.82 Å². The number of rotatable bonds is 2. The zero-order valence-electron chi connectivity index (χ0n) is 12.0. The molecule has 0 fully saturated rings. The molecule has 1 unspecified atom stereocenters. The first-order valence-corrected chi connectivity index (χ1v) is 6.77. The lowest BCUT2D eigenvalue weighted by atomic mass is 9.98. The molecule has 1 atom stereocenters. The second kappa shape index (κ2) is 5.29. The van der Waals surface area contributed by atoms with Gasteiger partial charge in [0, 0.05) is 20.6 Å². The third-order valence-electron chi connectivity index (χ3n) is 3.59. The summed E-state index contributed by atoms with van der Waals surface area (Å²) >= 11 is 0. The van der Waals surface area contributed by atoms with Crippen molar-refractivity contribution >= 4 is 11.8 Å². The van der Waals surface area contributed by atoms with Gasteiger partial charge >= 0.3 is 0 Å². The van der Waals surface area contributed by atoms with Crippen molar-refractivity contribution in [1.29, 1.82) is 0 Å². The zero-order valence-corrected chi connectivity index (χ0v) is 12.0. The minimum atomic E-state index is -0.591. The van der Waals surface area contributed by atoms with Crippen molar-refractivity contribution in [2.24, 2.45) is 0 Å². The van der Waals surface area contributed by atoms with E-state index < -0.39 is 11.9 Å². The maximum absolute atomic E-state index is 13.7. The first kappa shape index (κ1) is 13.8. The third-order valence-corrected chi connectivity index (χ3v) is 3.59. The van der Waals surface area contributed by atoms with E-state index >= 15 is 0 Å². The second-order valence-electron chi connectivity index (χ2n) is 5.33. The number of β-amino-alcohol motifs (C(OH)–C–C–N with tert-alkyl or cyclic N) is 1. The summed E-state index contributed by atoms with van der Waals surface area (Å²) in [4.78, 5) is 11.8. The number of hydrogen-bond donors (Lipinski definition) is 1.